The smallest absolute Gasteiger partial charge is 0.248 e. The molecule has 0 heterocycles. The second-order valence-corrected chi connectivity index (χ2v) is 5.12. The zero-order valence-corrected chi connectivity index (χ0v) is 14.1. The first-order valence-electron chi connectivity index (χ1n) is 8.10. The van der Waals surface area contributed by atoms with Crippen LogP contribution in [0.5, 0.6) is 5.75 Å². The van der Waals surface area contributed by atoms with E-state index in [1.165, 1.54) is 6.08 Å². The minimum atomic E-state index is -0.173. The van der Waals surface area contributed by atoms with E-state index in [9.17, 15) is 4.79 Å². The van der Waals surface area contributed by atoms with Crippen molar-refractivity contribution in [1.29, 1.82) is 0 Å². The highest BCUT2D eigenvalue weighted by atomic mass is 16.5. The number of hydrogen-bond donors (Lipinski definition) is 1. The van der Waals surface area contributed by atoms with Crippen molar-refractivity contribution in [1.82, 2.24) is 0 Å². The van der Waals surface area contributed by atoms with Gasteiger partial charge in [0.05, 0.1) is 13.2 Å². The zero-order valence-electron chi connectivity index (χ0n) is 14.1. The van der Waals surface area contributed by atoms with Crippen LogP contribution in [-0.2, 0) is 16.1 Å². The molecule has 0 aliphatic carbocycles. The summed E-state index contributed by atoms with van der Waals surface area (Å²) in [6.07, 6.45) is 3.29. The van der Waals surface area contributed by atoms with Gasteiger partial charge in [-0.1, -0.05) is 30.3 Å². The van der Waals surface area contributed by atoms with Crippen LogP contribution in [-0.4, -0.2) is 19.1 Å². The maximum Gasteiger partial charge on any atom is 0.248 e. The second-order valence-electron chi connectivity index (χ2n) is 5.12. The topological polar surface area (TPSA) is 47.6 Å². The highest BCUT2D eigenvalue weighted by molar-refractivity contribution is 6.02. The van der Waals surface area contributed by atoms with Crippen LogP contribution < -0.4 is 10.1 Å². The lowest BCUT2D eigenvalue weighted by Gasteiger charge is -2.09. The number of amides is 1. The van der Waals surface area contributed by atoms with E-state index in [4.69, 9.17) is 9.47 Å². The van der Waals surface area contributed by atoms with E-state index in [1.54, 1.807) is 6.08 Å². The lowest BCUT2D eigenvalue weighted by Crippen LogP contribution is -2.10. The molecule has 0 bridgehead atoms. The Bertz CT molecular complexity index is 678. The van der Waals surface area contributed by atoms with Gasteiger partial charge in [0, 0.05) is 23.9 Å². The minimum Gasteiger partial charge on any atom is -0.494 e. The van der Waals surface area contributed by atoms with Crippen LogP contribution in [0.4, 0.5) is 5.69 Å². The van der Waals surface area contributed by atoms with Gasteiger partial charge in [0.2, 0.25) is 5.91 Å². The van der Waals surface area contributed by atoms with Gasteiger partial charge in [0.25, 0.3) is 0 Å². The van der Waals surface area contributed by atoms with E-state index < -0.39 is 0 Å². The van der Waals surface area contributed by atoms with E-state index in [0.717, 1.165) is 22.6 Å². The summed E-state index contributed by atoms with van der Waals surface area (Å²) in [5, 5.41) is 2.89. The molecule has 1 N–H and O–H groups in total. The Morgan fingerprint density at radius 1 is 1.04 bits per heavy atom. The van der Waals surface area contributed by atoms with Crippen molar-refractivity contribution in [2.75, 3.05) is 18.5 Å². The van der Waals surface area contributed by atoms with Gasteiger partial charge in [-0.2, -0.15) is 0 Å². The Balaban J connectivity index is 1.97. The lowest BCUT2D eigenvalue weighted by molar-refractivity contribution is -0.111. The normalized spacial score (nSPS) is 10.8. The van der Waals surface area contributed by atoms with Crippen molar-refractivity contribution in [3.8, 4) is 5.75 Å². The van der Waals surface area contributed by atoms with Crippen LogP contribution in [0.25, 0.3) is 6.08 Å². The molecule has 0 saturated heterocycles. The van der Waals surface area contributed by atoms with Gasteiger partial charge in [-0.15, -0.1) is 0 Å². The molecule has 126 valence electrons. The number of anilines is 1. The molecule has 2 aromatic carbocycles. The van der Waals surface area contributed by atoms with Gasteiger partial charge in [0.15, 0.2) is 0 Å². The summed E-state index contributed by atoms with van der Waals surface area (Å²) in [5.41, 5.74) is 2.67. The molecule has 4 nitrogen and oxygen atoms in total. The number of rotatable bonds is 8. The molecule has 0 atom stereocenters. The number of hydrogen-bond acceptors (Lipinski definition) is 3. The highest BCUT2D eigenvalue weighted by Gasteiger charge is 2.04. The fraction of sp³-hybridized carbons (Fsp3) is 0.250. The van der Waals surface area contributed by atoms with E-state index in [2.05, 4.69) is 5.32 Å². The number of carbonyl (C=O) groups excluding carboxylic acids is 1. The molecule has 1 amide bonds. The molecule has 0 saturated carbocycles. The van der Waals surface area contributed by atoms with Gasteiger partial charge in [0.1, 0.15) is 5.75 Å². The second kappa shape index (κ2) is 9.53. The Morgan fingerprint density at radius 3 is 2.50 bits per heavy atom. The predicted octanol–water partition coefficient (Wildman–Crippen LogP) is 4.27. The van der Waals surface area contributed by atoms with Crippen LogP contribution in [0, 0.1) is 0 Å². The number of nitrogens with one attached hydrogen (secondary N) is 1. The van der Waals surface area contributed by atoms with Gasteiger partial charge in [-0.05, 0) is 43.7 Å². The lowest BCUT2D eigenvalue weighted by atomic mass is 10.2. The Morgan fingerprint density at radius 2 is 1.79 bits per heavy atom. The monoisotopic (exact) mass is 325 g/mol. The Labute approximate surface area is 143 Å². The third-order valence-corrected chi connectivity index (χ3v) is 3.36. The summed E-state index contributed by atoms with van der Waals surface area (Å²) >= 11 is 0. The fourth-order valence-corrected chi connectivity index (χ4v) is 2.17. The van der Waals surface area contributed by atoms with Crippen molar-refractivity contribution >= 4 is 17.7 Å². The van der Waals surface area contributed by atoms with Crippen LogP contribution in [0.2, 0.25) is 0 Å². The van der Waals surface area contributed by atoms with Crippen LogP contribution in [0.1, 0.15) is 25.0 Å². The van der Waals surface area contributed by atoms with Crippen LogP contribution >= 0.6 is 0 Å². The molecule has 0 aliphatic rings. The van der Waals surface area contributed by atoms with E-state index in [0.29, 0.717) is 19.8 Å². The summed E-state index contributed by atoms with van der Waals surface area (Å²) < 4.78 is 10.8. The maximum absolute atomic E-state index is 12.1. The number of para-hydroxylation sites is 1. The molecule has 4 heteroatoms. The molecule has 0 unspecified atom stereocenters. The summed E-state index contributed by atoms with van der Waals surface area (Å²) in [5.74, 6) is 0.650. The fourth-order valence-electron chi connectivity index (χ4n) is 2.17. The quantitative estimate of drug-likeness (QED) is 0.737. The van der Waals surface area contributed by atoms with Crippen LogP contribution in [0.15, 0.2) is 54.6 Å². The van der Waals surface area contributed by atoms with Crippen molar-refractivity contribution < 1.29 is 14.3 Å². The van der Waals surface area contributed by atoms with Gasteiger partial charge < -0.3 is 14.8 Å². The van der Waals surface area contributed by atoms with Crippen molar-refractivity contribution in [2.45, 2.75) is 20.5 Å². The Hall–Kier alpha value is -2.59. The first-order chi connectivity index (χ1) is 11.7. The maximum atomic E-state index is 12.1. The molecule has 0 spiro atoms. The summed E-state index contributed by atoms with van der Waals surface area (Å²) in [7, 11) is 0. The molecule has 0 aromatic heterocycles. The van der Waals surface area contributed by atoms with E-state index in [-0.39, 0.29) is 5.91 Å². The zero-order chi connectivity index (χ0) is 17.2. The van der Waals surface area contributed by atoms with Crippen molar-refractivity contribution in [3.05, 3.63) is 65.7 Å². The average molecular weight is 325 g/mol. The largest absolute Gasteiger partial charge is 0.494 e. The van der Waals surface area contributed by atoms with E-state index >= 15 is 0 Å². The molecule has 0 radical (unpaired) electrons. The van der Waals surface area contributed by atoms with Crippen LogP contribution in [0.3, 0.4) is 0 Å². The summed E-state index contributed by atoms with van der Waals surface area (Å²) in [6.45, 7) is 5.65. The SMILES string of the molecule is CCOCc1ccccc1NC(=O)/C=C/c1ccc(OCC)cc1. The van der Waals surface area contributed by atoms with Gasteiger partial charge in [-0.3, -0.25) is 4.79 Å². The standard InChI is InChI=1S/C20H23NO3/c1-3-23-15-17-7-5-6-8-19(17)21-20(22)14-11-16-9-12-18(13-10-16)24-4-2/h5-14H,3-4,15H2,1-2H3,(H,21,22)/b14-11+. The minimum absolute atomic E-state index is 0.173. The molecular weight excluding hydrogens is 302 g/mol. The van der Waals surface area contributed by atoms with Crippen molar-refractivity contribution in [3.63, 3.8) is 0 Å². The molecule has 24 heavy (non-hydrogen) atoms. The molecule has 0 aliphatic heterocycles. The summed E-state index contributed by atoms with van der Waals surface area (Å²) in [6, 6.07) is 15.2. The third kappa shape index (κ3) is 5.56. The average Bonchev–Trinajstić information content (AvgIpc) is 2.61. The first kappa shape index (κ1) is 17.8. The molecule has 2 rings (SSSR count). The first-order valence-corrected chi connectivity index (χ1v) is 8.10. The summed E-state index contributed by atoms with van der Waals surface area (Å²) in [4.78, 5) is 12.1. The molecule has 2 aromatic rings. The third-order valence-electron chi connectivity index (χ3n) is 3.36. The van der Waals surface area contributed by atoms with E-state index in [1.807, 2.05) is 62.4 Å². The van der Waals surface area contributed by atoms with Crippen molar-refractivity contribution in [2.24, 2.45) is 0 Å². The Kier molecular flexibility index (Phi) is 7.05. The number of carbonyl (C=O) groups is 1. The molecular formula is C20H23NO3. The number of ether oxygens (including phenoxy) is 2. The van der Waals surface area contributed by atoms with Gasteiger partial charge in [-0.25, -0.2) is 0 Å². The number of benzene rings is 2. The highest BCUT2D eigenvalue weighted by Crippen LogP contribution is 2.17. The molecule has 0 fully saturated rings. The predicted molar refractivity (Wildman–Crippen MR) is 97.0 cm³/mol. The van der Waals surface area contributed by atoms with Gasteiger partial charge >= 0.3 is 0 Å².